The number of ether oxygens (including phenoxy) is 1. The van der Waals surface area contributed by atoms with Crippen LogP contribution in [-0.2, 0) is 0 Å². The molecule has 0 fully saturated rings. The first kappa shape index (κ1) is 9.34. The Morgan fingerprint density at radius 1 is 1.31 bits per heavy atom. The van der Waals surface area contributed by atoms with Crippen molar-refractivity contribution in [3.8, 4) is 17.8 Å². The van der Waals surface area contributed by atoms with Crippen molar-refractivity contribution in [1.82, 2.24) is 0 Å². The van der Waals surface area contributed by atoms with Crippen molar-refractivity contribution in [3.63, 3.8) is 0 Å². The van der Waals surface area contributed by atoms with Crippen molar-refractivity contribution in [2.24, 2.45) is 0 Å². The van der Waals surface area contributed by atoms with E-state index in [1.54, 1.807) is 31.2 Å². The second kappa shape index (κ2) is 4.32. The molecule has 0 N–H and O–H groups in total. The summed E-state index contributed by atoms with van der Waals surface area (Å²) in [7, 11) is 0. The first-order valence-corrected chi connectivity index (χ1v) is 3.93. The van der Waals surface area contributed by atoms with Gasteiger partial charge in [0, 0.05) is 12.5 Å². The molecule has 0 bridgehead atoms. The van der Waals surface area contributed by atoms with Crippen molar-refractivity contribution < 1.29 is 9.53 Å². The van der Waals surface area contributed by atoms with Gasteiger partial charge in [0.1, 0.15) is 11.9 Å². The molecule has 0 aromatic heterocycles. The summed E-state index contributed by atoms with van der Waals surface area (Å²) in [6.45, 7) is 3.23. The molecule has 0 radical (unpaired) electrons. The van der Waals surface area contributed by atoms with E-state index in [9.17, 15) is 4.79 Å². The van der Waals surface area contributed by atoms with Crippen molar-refractivity contribution in [2.75, 3.05) is 0 Å². The molecule has 66 valence electrons. The van der Waals surface area contributed by atoms with Gasteiger partial charge in [-0.15, -0.1) is 0 Å². The van der Waals surface area contributed by atoms with E-state index in [2.05, 4.69) is 12.0 Å². The van der Waals surface area contributed by atoms with Crippen LogP contribution in [0.3, 0.4) is 0 Å². The number of carbonyl (C=O) groups is 1. The van der Waals surface area contributed by atoms with E-state index in [1.807, 2.05) is 0 Å². The van der Waals surface area contributed by atoms with Gasteiger partial charge in [-0.25, -0.2) is 0 Å². The van der Waals surface area contributed by atoms with Gasteiger partial charge in [-0.05, 0) is 31.2 Å². The number of hydrogen-bond acceptors (Lipinski definition) is 2. The van der Waals surface area contributed by atoms with Crippen LogP contribution in [0.2, 0.25) is 0 Å². The van der Waals surface area contributed by atoms with Crippen LogP contribution in [0, 0.1) is 12.0 Å². The molecule has 1 aromatic rings. The highest BCUT2D eigenvalue weighted by atomic mass is 16.5. The van der Waals surface area contributed by atoms with Gasteiger partial charge in [-0.2, -0.15) is 0 Å². The maximum absolute atomic E-state index is 10.9. The zero-order valence-electron chi connectivity index (χ0n) is 7.63. The minimum absolute atomic E-state index is 0.0492. The monoisotopic (exact) mass is 174 g/mol. The number of ketones is 1. The smallest absolute Gasteiger partial charge is 0.159 e. The molecular weight excluding hydrogens is 164 g/mol. The van der Waals surface area contributed by atoms with Gasteiger partial charge in [0.15, 0.2) is 5.78 Å². The van der Waals surface area contributed by atoms with Crippen LogP contribution in [0.5, 0.6) is 5.75 Å². The topological polar surface area (TPSA) is 26.3 Å². The average Bonchev–Trinajstić information content (AvgIpc) is 2.15. The van der Waals surface area contributed by atoms with E-state index < -0.39 is 0 Å². The predicted molar refractivity (Wildman–Crippen MR) is 50.5 cm³/mol. The Morgan fingerprint density at radius 2 is 1.92 bits per heavy atom. The van der Waals surface area contributed by atoms with Crippen LogP contribution in [0.25, 0.3) is 0 Å². The Hall–Kier alpha value is -1.75. The number of rotatable bonds is 2. The van der Waals surface area contributed by atoms with Crippen LogP contribution >= 0.6 is 0 Å². The molecule has 0 heterocycles. The van der Waals surface area contributed by atoms with Crippen molar-refractivity contribution in [3.05, 3.63) is 29.8 Å². The lowest BCUT2D eigenvalue weighted by atomic mass is 10.1. The first-order chi connectivity index (χ1) is 6.24. The third kappa shape index (κ3) is 2.64. The molecule has 0 amide bonds. The van der Waals surface area contributed by atoms with Gasteiger partial charge in [0.05, 0.1) is 0 Å². The van der Waals surface area contributed by atoms with Crippen LogP contribution < -0.4 is 4.74 Å². The minimum Gasteiger partial charge on any atom is -0.408 e. The highest BCUT2D eigenvalue weighted by Crippen LogP contribution is 2.11. The first-order valence-electron chi connectivity index (χ1n) is 3.93. The standard InChI is InChI=1S/C11H10O2/c1-3-8-13-11-6-4-10(5-7-11)9(2)12/h4-7H,1-2H3. The highest BCUT2D eigenvalue weighted by molar-refractivity contribution is 5.94. The molecule has 0 aliphatic carbocycles. The zero-order chi connectivity index (χ0) is 9.68. The zero-order valence-corrected chi connectivity index (χ0v) is 7.63. The van der Waals surface area contributed by atoms with E-state index in [4.69, 9.17) is 4.74 Å². The molecular formula is C11H10O2. The number of benzene rings is 1. The molecule has 0 aliphatic rings. The molecule has 0 aliphatic heterocycles. The summed E-state index contributed by atoms with van der Waals surface area (Å²) in [6.07, 6.45) is 2.48. The molecule has 13 heavy (non-hydrogen) atoms. The SMILES string of the molecule is CC#COc1ccc(C(C)=O)cc1. The molecule has 0 saturated carbocycles. The lowest BCUT2D eigenvalue weighted by Gasteiger charge is -1.97. The van der Waals surface area contributed by atoms with Crippen molar-refractivity contribution in [2.45, 2.75) is 13.8 Å². The average molecular weight is 174 g/mol. The molecule has 1 aromatic carbocycles. The Kier molecular flexibility index (Phi) is 3.10. The van der Waals surface area contributed by atoms with Gasteiger partial charge in [-0.3, -0.25) is 4.79 Å². The Balaban J connectivity index is 2.79. The van der Waals surface area contributed by atoms with Crippen LogP contribution in [0.1, 0.15) is 24.2 Å². The number of hydrogen-bond donors (Lipinski definition) is 0. The molecule has 2 heteroatoms. The maximum Gasteiger partial charge on any atom is 0.159 e. The van der Waals surface area contributed by atoms with E-state index in [0.717, 1.165) is 0 Å². The Bertz CT molecular complexity index is 352. The predicted octanol–water partition coefficient (Wildman–Crippen LogP) is 2.25. The second-order valence-electron chi connectivity index (χ2n) is 2.53. The quantitative estimate of drug-likeness (QED) is 0.507. The third-order valence-corrected chi connectivity index (χ3v) is 1.53. The van der Waals surface area contributed by atoms with Crippen LogP contribution in [-0.4, -0.2) is 5.78 Å². The number of carbonyl (C=O) groups excluding carboxylic acids is 1. The number of Topliss-reactive ketones (excluding diaryl/α,β-unsaturated/α-hetero) is 1. The van der Waals surface area contributed by atoms with E-state index >= 15 is 0 Å². The summed E-state index contributed by atoms with van der Waals surface area (Å²) in [5.41, 5.74) is 0.678. The molecule has 0 saturated heterocycles. The van der Waals surface area contributed by atoms with Gasteiger partial charge < -0.3 is 4.74 Å². The molecule has 0 atom stereocenters. The summed E-state index contributed by atoms with van der Waals surface area (Å²) in [5.74, 6) is 3.32. The molecule has 2 nitrogen and oxygen atoms in total. The van der Waals surface area contributed by atoms with Gasteiger partial charge in [0.2, 0.25) is 0 Å². The second-order valence-corrected chi connectivity index (χ2v) is 2.53. The maximum atomic E-state index is 10.9. The largest absolute Gasteiger partial charge is 0.408 e. The summed E-state index contributed by atoms with van der Waals surface area (Å²) in [5, 5.41) is 0. The van der Waals surface area contributed by atoms with Crippen molar-refractivity contribution >= 4 is 5.78 Å². The highest BCUT2D eigenvalue weighted by Gasteiger charge is 1.98. The van der Waals surface area contributed by atoms with Gasteiger partial charge in [0.25, 0.3) is 0 Å². The summed E-state index contributed by atoms with van der Waals surface area (Å²) < 4.78 is 5.02. The van der Waals surface area contributed by atoms with Crippen molar-refractivity contribution in [1.29, 1.82) is 0 Å². The lowest BCUT2D eigenvalue weighted by Crippen LogP contribution is -1.91. The fraction of sp³-hybridized carbons (Fsp3) is 0.182. The summed E-state index contributed by atoms with van der Waals surface area (Å²) >= 11 is 0. The van der Waals surface area contributed by atoms with Crippen LogP contribution in [0.4, 0.5) is 0 Å². The normalized spacial score (nSPS) is 8.46. The minimum atomic E-state index is 0.0492. The Morgan fingerprint density at radius 3 is 2.38 bits per heavy atom. The van der Waals surface area contributed by atoms with E-state index in [0.29, 0.717) is 11.3 Å². The fourth-order valence-electron chi connectivity index (χ4n) is 0.868. The van der Waals surface area contributed by atoms with Crippen LogP contribution in [0.15, 0.2) is 24.3 Å². The lowest BCUT2D eigenvalue weighted by molar-refractivity contribution is 0.101. The summed E-state index contributed by atoms with van der Waals surface area (Å²) in [6, 6.07) is 6.88. The van der Waals surface area contributed by atoms with E-state index in [1.165, 1.54) is 6.92 Å². The van der Waals surface area contributed by atoms with Gasteiger partial charge in [-0.1, -0.05) is 5.92 Å². The summed E-state index contributed by atoms with van der Waals surface area (Å²) in [4.78, 5) is 10.9. The van der Waals surface area contributed by atoms with E-state index in [-0.39, 0.29) is 5.78 Å². The third-order valence-electron chi connectivity index (χ3n) is 1.53. The van der Waals surface area contributed by atoms with Gasteiger partial charge >= 0.3 is 0 Å². The Labute approximate surface area is 77.5 Å². The molecule has 1 rings (SSSR count). The molecule has 0 unspecified atom stereocenters. The molecule has 0 spiro atoms. The fourth-order valence-corrected chi connectivity index (χ4v) is 0.868.